The van der Waals surface area contributed by atoms with E-state index in [4.69, 9.17) is 0 Å². The van der Waals surface area contributed by atoms with Gasteiger partial charge in [-0.2, -0.15) is 0 Å². The van der Waals surface area contributed by atoms with E-state index in [1.165, 1.54) is 32.1 Å². The Morgan fingerprint density at radius 3 is 2.65 bits per heavy atom. The molecule has 0 radical (unpaired) electrons. The number of hydrogen-bond donors (Lipinski definition) is 1. The maximum absolute atomic E-state index is 11.9. The molecule has 2 atom stereocenters. The van der Waals surface area contributed by atoms with Gasteiger partial charge in [-0.25, -0.2) is 0 Å². The number of amides is 1. The molecule has 2 unspecified atom stereocenters. The zero-order chi connectivity index (χ0) is 14.6. The number of carbonyl (C=O) groups is 1. The first-order valence-electron chi connectivity index (χ1n) is 8.23. The number of carbonyl (C=O) groups excluding carboxylic acids is 1. The first-order chi connectivity index (χ1) is 9.65. The quantitative estimate of drug-likeness (QED) is 0.719. The van der Waals surface area contributed by atoms with Crippen molar-refractivity contribution >= 4 is 21.8 Å². The second-order valence-electron chi connectivity index (χ2n) is 6.67. The third-order valence-electron chi connectivity index (χ3n) is 5.10. The minimum atomic E-state index is 0.250. The highest BCUT2D eigenvalue weighted by Gasteiger charge is 2.43. The van der Waals surface area contributed by atoms with E-state index in [1.54, 1.807) is 0 Å². The van der Waals surface area contributed by atoms with Gasteiger partial charge in [0, 0.05) is 24.5 Å². The van der Waals surface area contributed by atoms with Gasteiger partial charge in [0.05, 0.1) is 5.92 Å². The summed E-state index contributed by atoms with van der Waals surface area (Å²) < 4.78 is 0. The first kappa shape index (κ1) is 16.3. The Balaban J connectivity index is 2.07. The lowest BCUT2D eigenvalue weighted by molar-refractivity contribution is -0.124. The van der Waals surface area contributed by atoms with E-state index in [1.807, 2.05) is 0 Å². The van der Waals surface area contributed by atoms with E-state index in [9.17, 15) is 4.79 Å². The summed E-state index contributed by atoms with van der Waals surface area (Å²) in [4.78, 5) is 14.5. The van der Waals surface area contributed by atoms with E-state index in [0.717, 1.165) is 31.4 Å². The lowest BCUT2D eigenvalue weighted by Crippen LogP contribution is -2.50. The second-order valence-corrected chi connectivity index (χ2v) is 7.23. The van der Waals surface area contributed by atoms with Crippen LogP contribution < -0.4 is 5.32 Å². The fraction of sp³-hybridized carbons (Fsp3) is 0.938. The van der Waals surface area contributed by atoms with Crippen LogP contribution in [0.2, 0.25) is 0 Å². The Morgan fingerprint density at radius 1 is 1.35 bits per heavy atom. The maximum atomic E-state index is 11.9. The number of nitrogens with zero attached hydrogens (tertiary/aromatic N) is 1. The van der Waals surface area contributed by atoms with Gasteiger partial charge in [0.1, 0.15) is 0 Å². The van der Waals surface area contributed by atoms with Crippen LogP contribution in [-0.2, 0) is 4.79 Å². The van der Waals surface area contributed by atoms with Crippen molar-refractivity contribution in [2.75, 3.05) is 25.0 Å². The second kappa shape index (κ2) is 7.26. The number of alkyl halides is 1. The van der Waals surface area contributed by atoms with Gasteiger partial charge in [-0.3, -0.25) is 9.69 Å². The molecule has 2 heterocycles. The fourth-order valence-corrected chi connectivity index (χ4v) is 4.93. The van der Waals surface area contributed by atoms with Crippen molar-refractivity contribution < 1.29 is 4.79 Å². The van der Waals surface area contributed by atoms with Crippen LogP contribution >= 0.6 is 15.9 Å². The predicted octanol–water partition coefficient (Wildman–Crippen LogP) is 3.18. The molecule has 1 amide bonds. The Hall–Kier alpha value is -0.0900. The molecule has 4 heteroatoms. The Morgan fingerprint density at radius 2 is 2.05 bits per heavy atom. The minimum Gasteiger partial charge on any atom is -0.354 e. The van der Waals surface area contributed by atoms with Crippen LogP contribution in [0.4, 0.5) is 0 Å². The molecule has 0 aromatic carbocycles. The number of piperidine rings is 1. The molecule has 116 valence electrons. The van der Waals surface area contributed by atoms with Gasteiger partial charge in [0.2, 0.25) is 5.91 Å². The van der Waals surface area contributed by atoms with Crippen LogP contribution in [0.5, 0.6) is 0 Å². The lowest BCUT2D eigenvalue weighted by atomic mass is 9.79. The fourth-order valence-electron chi connectivity index (χ4n) is 4.19. The normalized spacial score (nSPS) is 27.4. The predicted molar refractivity (Wildman–Crippen MR) is 87.1 cm³/mol. The third kappa shape index (κ3) is 3.38. The molecule has 2 aliphatic heterocycles. The van der Waals surface area contributed by atoms with E-state index in [2.05, 4.69) is 40.0 Å². The van der Waals surface area contributed by atoms with Gasteiger partial charge in [0.25, 0.3) is 0 Å². The maximum Gasteiger partial charge on any atom is 0.224 e. The summed E-state index contributed by atoms with van der Waals surface area (Å²) in [5, 5.41) is 4.15. The van der Waals surface area contributed by atoms with Crippen LogP contribution in [-0.4, -0.2) is 41.8 Å². The first-order valence-corrected chi connectivity index (χ1v) is 9.35. The van der Waals surface area contributed by atoms with Crippen molar-refractivity contribution in [3.63, 3.8) is 0 Å². The van der Waals surface area contributed by atoms with E-state index in [-0.39, 0.29) is 11.8 Å². The molecule has 3 nitrogen and oxygen atoms in total. The van der Waals surface area contributed by atoms with Crippen molar-refractivity contribution in [1.82, 2.24) is 10.2 Å². The van der Waals surface area contributed by atoms with Gasteiger partial charge < -0.3 is 5.32 Å². The van der Waals surface area contributed by atoms with Crippen LogP contribution in [0.3, 0.4) is 0 Å². The highest BCUT2D eigenvalue weighted by atomic mass is 79.9. The smallest absolute Gasteiger partial charge is 0.224 e. The van der Waals surface area contributed by atoms with Crippen LogP contribution in [0.25, 0.3) is 0 Å². The molecule has 0 bridgehead atoms. The average molecular weight is 345 g/mol. The number of likely N-dealkylation sites (tertiary alicyclic amines) is 1. The monoisotopic (exact) mass is 344 g/mol. The molecular formula is C16H29BrN2O. The molecule has 20 heavy (non-hydrogen) atoms. The van der Waals surface area contributed by atoms with Crippen LogP contribution in [0, 0.1) is 11.3 Å². The SMILES string of the molecule is CCCC(CBr)(CCC)CN1CCCC2C(=O)NCC21. The summed E-state index contributed by atoms with van der Waals surface area (Å²) >= 11 is 3.78. The van der Waals surface area contributed by atoms with E-state index >= 15 is 0 Å². The number of nitrogens with one attached hydrogen (secondary N) is 1. The molecule has 2 fully saturated rings. The molecule has 2 rings (SSSR count). The van der Waals surface area contributed by atoms with Crippen LogP contribution in [0.15, 0.2) is 0 Å². The summed E-state index contributed by atoms with van der Waals surface area (Å²) in [6.45, 7) is 7.74. The van der Waals surface area contributed by atoms with Gasteiger partial charge in [0.15, 0.2) is 0 Å². The molecule has 1 N–H and O–H groups in total. The van der Waals surface area contributed by atoms with Gasteiger partial charge in [-0.05, 0) is 37.6 Å². The summed E-state index contributed by atoms with van der Waals surface area (Å²) in [7, 11) is 0. The van der Waals surface area contributed by atoms with Gasteiger partial charge >= 0.3 is 0 Å². The van der Waals surface area contributed by atoms with E-state index < -0.39 is 0 Å². The molecule has 0 aromatic heterocycles. The summed E-state index contributed by atoms with van der Waals surface area (Å²) in [6, 6.07) is 0.448. The van der Waals surface area contributed by atoms with E-state index in [0.29, 0.717) is 11.5 Å². The number of fused-ring (bicyclic) bond motifs is 1. The third-order valence-corrected chi connectivity index (χ3v) is 6.29. The van der Waals surface area contributed by atoms with Crippen molar-refractivity contribution in [3.8, 4) is 0 Å². The Kier molecular flexibility index (Phi) is 5.91. The van der Waals surface area contributed by atoms with Crippen molar-refractivity contribution in [1.29, 1.82) is 0 Å². The molecule has 0 saturated carbocycles. The average Bonchev–Trinajstić information content (AvgIpc) is 2.82. The Bertz CT molecular complexity index is 328. The summed E-state index contributed by atoms with van der Waals surface area (Å²) in [6.07, 6.45) is 7.29. The molecule has 2 saturated heterocycles. The zero-order valence-corrected chi connectivity index (χ0v) is 14.5. The lowest BCUT2D eigenvalue weighted by Gasteiger charge is -2.43. The Labute approximate surface area is 132 Å². The van der Waals surface area contributed by atoms with Crippen LogP contribution in [0.1, 0.15) is 52.4 Å². The summed E-state index contributed by atoms with van der Waals surface area (Å²) in [5.74, 6) is 0.537. The largest absolute Gasteiger partial charge is 0.354 e. The molecule has 2 aliphatic rings. The molecule has 0 spiro atoms. The molecule has 0 aromatic rings. The number of hydrogen-bond acceptors (Lipinski definition) is 2. The standard InChI is InChI=1S/C16H29BrN2O/c1-3-7-16(11-17,8-4-2)12-19-9-5-6-13-14(19)10-18-15(13)20/h13-14H,3-12H2,1-2H3,(H,18,20). The minimum absolute atomic E-state index is 0.250. The zero-order valence-electron chi connectivity index (χ0n) is 13.0. The topological polar surface area (TPSA) is 32.3 Å². The van der Waals surface area contributed by atoms with Gasteiger partial charge in [-0.15, -0.1) is 0 Å². The van der Waals surface area contributed by atoms with Gasteiger partial charge in [-0.1, -0.05) is 42.6 Å². The molecule has 0 aliphatic carbocycles. The highest BCUT2D eigenvalue weighted by Crippen LogP contribution is 2.36. The van der Waals surface area contributed by atoms with Crippen molar-refractivity contribution in [3.05, 3.63) is 0 Å². The number of halogens is 1. The number of rotatable bonds is 7. The highest BCUT2D eigenvalue weighted by molar-refractivity contribution is 9.09. The van der Waals surface area contributed by atoms with Crippen molar-refractivity contribution in [2.45, 2.75) is 58.4 Å². The summed E-state index contributed by atoms with van der Waals surface area (Å²) in [5.41, 5.74) is 0.386. The van der Waals surface area contributed by atoms with Crippen molar-refractivity contribution in [2.24, 2.45) is 11.3 Å². The molecular weight excluding hydrogens is 316 g/mol.